The first-order valence-corrected chi connectivity index (χ1v) is 7.68. The average molecular weight is 321 g/mol. The van der Waals surface area contributed by atoms with Crippen molar-refractivity contribution in [2.45, 2.75) is 13.8 Å². The van der Waals surface area contributed by atoms with E-state index in [0.29, 0.717) is 22.8 Å². The number of ketones is 1. The molecular weight excluding hydrogens is 302 g/mol. The number of nitrogens with zero attached hydrogens (tertiary/aromatic N) is 1. The van der Waals surface area contributed by atoms with Crippen molar-refractivity contribution in [3.05, 3.63) is 65.0 Å². The van der Waals surface area contributed by atoms with Crippen LogP contribution >= 0.6 is 0 Å². The van der Waals surface area contributed by atoms with Crippen LogP contribution in [0.5, 0.6) is 11.5 Å². The van der Waals surface area contributed by atoms with E-state index >= 15 is 0 Å². The van der Waals surface area contributed by atoms with E-state index in [-0.39, 0.29) is 5.78 Å². The zero-order chi connectivity index (χ0) is 17.3. The minimum absolute atomic E-state index is 0.101. The highest BCUT2D eigenvalue weighted by atomic mass is 16.5. The predicted molar refractivity (Wildman–Crippen MR) is 94.2 cm³/mol. The van der Waals surface area contributed by atoms with Crippen LogP contribution < -0.4 is 9.47 Å². The molecule has 0 fully saturated rings. The number of fused-ring (bicyclic) bond motifs is 1. The van der Waals surface area contributed by atoms with Crippen molar-refractivity contribution in [2.24, 2.45) is 0 Å². The lowest BCUT2D eigenvalue weighted by Gasteiger charge is -2.11. The SMILES string of the molecule is COc1cc2ccnc(C(=O)c3ccc(C)c(C)c3)c2cc1OC. The summed E-state index contributed by atoms with van der Waals surface area (Å²) >= 11 is 0. The van der Waals surface area contributed by atoms with Gasteiger partial charge in [-0.25, -0.2) is 0 Å². The van der Waals surface area contributed by atoms with Crippen LogP contribution in [0.15, 0.2) is 42.6 Å². The molecule has 0 bridgehead atoms. The molecule has 24 heavy (non-hydrogen) atoms. The van der Waals surface area contributed by atoms with Crippen molar-refractivity contribution in [3.63, 3.8) is 0 Å². The lowest BCUT2D eigenvalue weighted by Crippen LogP contribution is -2.06. The lowest BCUT2D eigenvalue weighted by molar-refractivity contribution is 0.103. The first-order valence-electron chi connectivity index (χ1n) is 7.68. The zero-order valence-electron chi connectivity index (χ0n) is 14.2. The highest BCUT2D eigenvalue weighted by Crippen LogP contribution is 2.33. The number of carbonyl (C=O) groups excluding carboxylic acids is 1. The van der Waals surface area contributed by atoms with Gasteiger partial charge in [0.2, 0.25) is 5.78 Å². The normalized spacial score (nSPS) is 10.7. The fourth-order valence-corrected chi connectivity index (χ4v) is 2.70. The number of aromatic nitrogens is 1. The molecule has 0 N–H and O–H groups in total. The van der Waals surface area contributed by atoms with E-state index in [2.05, 4.69) is 4.98 Å². The Kier molecular flexibility index (Phi) is 4.21. The van der Waals surface area contributed by atoms with Gasteiger partial charge in [0.05, 0.1) is 14.2 Å². The molecule has 0 aliphatic heterocycles. The second-order valence-electron chi connectivity index (χ2n) is 5.72. The number of carbonyl (C=O) groups is 1. The minimum Gasteiger partial charge on any atom is -0.493 e. The summed E-state index contributed by atoms with van der Waals surface area (Å²) in [5, 5.41) is 1.63. The second-order valence-corrected chi connectivity index (χ2v) is 5.72. The number of rotatable bonds is 4. The van der Waals surface area contributed by atoms with Gasteiger partial charge >= 0.3 is 0 Å². The van der Waals surface area contributed by atoms with Crippen molar-refractivity contribution in [3.8, 4) is 11.5 Å². The number of benzene rings is 2. The van der Waals surface area contributed by atoms with Gasteiger partial charge in [-0.05, 0) is 54.6 Å². The fourth-order valence-electron chi connectivity index (χ4n) is 2.70. The summed E-state index contributed by atoms with van der Waals surface area (Å²) in [5.41, 5.74) is 3.29. The molecule has 0 spiro atoms. The maximum atomic E-state index is 12.9. The molecule has 0 aliphatic carbocycles. The van der Waals surface area contributed by atoms with E-state index < -0.39 is 0 Å². The third-order valence-corrected chi connectivity index (χ3v) is 4.25. The molecule has 1 heterocycles. The molecule has 1 aromatic heterocycles. The molecule has 2 aromatic carbocycles. The highest BCUT2D eigenvalue weighted by molar-refractivity contribution is 6.15. The van der Waals surface area contributed by atoms with Crippen molar-refractivity contribution < 1.29 is 14.3 Å². The smallest absolute Gasteiger partial charge is 0.211 e. The van der Waals surface area contributed by atoms with E-state index in [1.165, 1.54) is 0 Å². The van der Waals surface area contributed by atoms with Crippen LogP contribution in [0.25, 0.3) is 10.8 Å². The highest BCUT2D eigenvalue weighted by Gasteiger charge is 2.17. The molecule has 3 aromatic rings. The number of aryl methyl sites for hydroxylation is 2. The van der Waals surface area contributed by atoms with Crippen molar-refractivity contribution in [2.75, 3.05) is 14.2 Å². The predicted octanol–water partition coefficient (Wildman–Crippen LogP) is 4.10. The molecule has 0 aliphatic rings. The standard InChI is InChI=1S/C20H19NO3/c1-12-5-6-15(9-13(12)2)20(22)19-16-11-18(24-4)17(23-3)10-14(16)7-8-21-19/h5-11H,1-4H3. The topological polar surface area (TPSA) is 48.4 Å². The van der Waals surface area contributed by atoms with Gasteiger partial charge in [0.1, 0.15) is 5.69 Å². The van der Waals surface area contributed by atoms with Crippen LogP contribution in [0.2, 0.25) is 0 Å². The minimum atomic E-state index is -0.101. The van der Waals surface area contributed by atoms with Gasteiger partial charge in [0.15, 0.2) is 11.5 Å². The van der Waals surface area contributed by atoms with E-state index in [4.69, 9.17) is 9.47 Å². The van der Waals surface area contributed by atoms with Gasteiger partial charge in [-0.1, -0.05) is 12.1 Å². The summed E-state index contributed by atoms with van der Waals surface area (Å²) in [7, 11) is 3.16. The first kappa shape index (κ1) is 16.0. The van der Waals surface area contributed by atoms with E-state index in [1.54, 1.807) is 26.5 Å². The molecule has 0 amide bonds. The summed E-state index contributed by atoms with van der Waals surface area (Å²) < 4.78 is 10.7. The quantitative estimate of drug-likeness (QED) is 0.679. The molecule has 0 radical (unpaired) electrons. The Morgan fingerprint density at radius 2 is 1.62 bits per heavy atom. The van der Waals surface area contributed by atoms with Crippen LogP contribution in [0.1, 0.15) is 27.2 Å². The number of hydrogen-bond donors (Lipinski definition) is 0. The molecule has 0 saturated heterocycles. The largest absolute Gasteiger partial charge is 0.493 e. The van der Waals surface area contributed by atoms with Gasteiger partial charge in [-0.15, -0.1) is 0 Å². The summed E-state index contributed by atoms with van der Waals surface area (Å²) in [6.07, 6.45) is 1.64. The van der Waals surface area contributed by atoms with Crippen LogP contribution in [0.3, 0.4) is 0 Å². The maximum Gasteiger partial charge on any atom is 0.211 e. The van der Waals surface area contributed by atoms with Crippen molar-refractivity contribution in [1.29, 1.82) is 0 Å². The molecule has 4 nitrogen and oxygen atoms in total. The Labute approximate surface area is 141 Å². The Bertz CT molecular complexity index is 932. The molecule has 3 rings (SSSR count). The number of pyridine rings is 1. The third-order valence-electron chi connectivity index (χ3n) is 4.25. The Morgan fingerprint density at radius 1 is 0.917 bits per heavy atom. The van der Waals surface area contributed by atoms with Crippen LogP contribution in [0, 0.1) is 13.8 Å². The van der Waals surface area contributed by atoms with Gasteiger partial charge in [0, 0.05) is 17.1 Å². The Balaban J connectivity index is 2.18. The first-order chi connectivity index (χ1) is 11.5. The lowest BCUT2D eigenvalue weighted by atomic mass is 9.99. The van der Waals surface area contributed by atoms with E-state index in [1.807, 2.05) is 44.2 Å². The van der Waals surface area contributed by atoms with E-state index in [0.717, 1.165) is 21.9 Å². The van der Waals surface area contributed by atoms with Gasteiger partial charge in [-0.3, -0.25) is 9.78 Å². The monoisotopic (exact) mass is 321 g/mol. The fraction of sp³-hybridized carbons (Fsp3) is 0.200. The van der Waals surface area contributed by atoms with Gasteiger partial charge in [-0.2, -0.15) is 0 Å². The molecule has 122 valence electrons. The van der Waals surface area contributed by atoms with Crippen LogP contribution in [0.4, 0.5) is 0 Å². The number of hydrogen-bond acceptors (Lipinski definition) is 4. The third kappa shape index (κ3) is 2.71. The second kappa shape index (κ2) is 6.32. The summed E-state index contributed by atoms with van der Waals surface area (Å²) in [6, 6.07) is 11.2. The van der Waals surface area contributed by atoms with Gasteiger partial charge < -0.3 is 9.47 Å². The van der Waals surface area contributed by atoms with E-state index in [9.17, 15) is 4.79 Å². The zero-order valence-corrected chi connectivity index (χ0v) is 14.2. The number of ether oxygens (including phenoxy) is 2. The summed E-state index contributed by atoms with van der Waals surface area (Å²) in [5.74, 6) is 1.10. The van der Waals surface area contributed by atoms with Crippen molar-refractivity contribution >= 4 is 16.6 Å². The molecule has 0 unspecified atom stereocenters. The molecular formula is C20H19NO3. The Hall–Kier alpha value is -2.88. The molecule has 0 atom stereocenters. The summed E-state index contributed by atoms with van der Waals surface area (Å²) in [6.45, 7) is 4.02. The van der Waals surface area contributed by atoms with Gasteiger partial charge in [0.25, 0.3) is 0 Å². The Morgan fingerprint density at radius 3 is 2.29 bits per heavy atom. The molecule has 4 heteroatoms. The number of methoxy groups -OCH3 is 2. The summed E-state index contributed by atoms with van der Waals surface area (Å²) in [4.78, 5) is 17.3. The van der Waals surface area contributed by atoms with Crippen LogP contribution in [-0.2, 0) is 0 Å². The molecule has 0 saturated carbocycles. The average Bonchev–Trinajstić information content (AvgIpc) is 2.61. The van der Waals surface area contributed by atoms with Crippen molar-refractivity contribution in [1.82, 2.24) is 4.98 Å². The van der Waals surface area contributed by atoms with Crippen LogP contribution in [-0.4, -0.2) is 25.0 Å². The maximum absolute atomic E-state index is 12.9.